The van der Waals surface area contributed by atoms with Crippen molar-refractivity contribution in [3.8, 4) is 5.75 Å². The van der Waals surface area contributed by atoms with E-state index >= 15 is 0 Å². The van der Waals surface area contributed by atoms with E-state index in [1.54, 1.807) is 18.0 Å². The first-order valence-electron chi connectivity index (χ1n) is 5.13. The van der Waals surface area contributed by atoms with E-state index in [1.807, 2.05) is 20.9 Å². The number of ether oxygens (including phenoxy) is 1. The number of carbonyl (C=O) groups is 1. The number of carbonyl (C=O) groups excluding carboxylic acids is 1. The molecule has 0 bridgehead atoms. The fourth-order valence-corrected chi connectivity index (χ4v) is 1.43. The van der Waals surface area contributed by atoms with E-state index in [4.69, 9.17) is 4.74 Å². The summed E-state index contributed by atoms with van der Waals surface area (Å²) in [5, 5.41) is 4.09. The van der Waals surface area contributed by atoms with Crippen LogP contribution in [-0.2, 0) is 18.3 Å². The molecular weight excluding hydrogens is 192 g/mol. The Morgan fingerprint density at radius 3 is 2.80 bits per heavy atom. The highest BCUT2D eigenvalue weighted by molar-refractivity contribution is 5.80. The van der Waals surface area contributed by atoms with Crippen molar-refractivity contribution >= 4 is 5.78 Å². The standard InChI is InChI=1S/C11H18N2O2/c1-8(2)10(14)6-5-9-11(15-4)7-12-13(9)3/h7-8H,5-6H2,1-4H3. The van der Waals surface area contributed by atoms with E-state index in [0.717, 1.165) is 11.4 Å². The van der Waals surface area contributed by atoms with Crippen LogP contribution in [0.15, 0.2) is 6.20 Å². The molecule has 0 spiro atoms. The third-order valence-corrected chi connectivity index (χ3v) is 2.50. The van der Waals surface area contributed by atoms with Gasteiger partial charge in [-0.2, -0.15) is 5.10 Å². The van der Waals surface area contributed by atoms with Gasteiger partial charge in [0.25, 0.3) is 0 Å². The van der Waals surface area contributed by atoms with Gasteiger partial charge in [0.2, 0.25) is 0 Å². The number of hydrogen-bond donors (Lipinski definition) is 0. The van der Waals surface area contributed by atoms with Gasteiger partial charge in [-0.05, 0) is 6.42 Å². The lowest BCUT2D eigenvalue weighted by atomic mass is 10.0. The maximum atomic E-state index is 11.5. The molecule has 15 heavy (non-hydrogen) atoms. The molecule has 0 saturated carbocycles. The molecule has 1 heterocycles. The van der Waals surface area contributed by atoms with Crippen molar-refractivity contribution in [3.63, 3.8) is 0 Å². The van der Waals surface area contributed by atoms with Gasteiger partial charge in [-0.1, -0.05) is 13.8 Å². The average Bonchev–Trinajstić information content (AvgIpc) is 2.55. The van der Waals surface area contributed by atoms with Crippen LogP contribution in [0.1, 0.15) is 26.0 Å². The summed E-state index contributed by atoms with van der Waals surface area (Å²) in [7, 11) is 3.47. The Labute approximate surface area is 90.2 Å². The number of Topliss-reactive ketones (excluding diaryl/α,β-unsaturated/α-hetero) is 1. The van der Waals surface area contributed by atoms with Crippen LogP contribution in [0, 0.1) is 5.92 Å². The summed E-state index contributed by atoms with van der Waals surface area (Å²) in [6.45, 7) is 3.84. The van der Waals surface area contributed by atoms with Crippen LogP contribution in [0.5, 0.6) is 5.75 Å². The lowest BCUT2D eigenvalue weighted by molar-refractivity contribution is -0.121. The summed E-state index contributed by atoms with van der Waals surface area (Å²) < 4.78 is 6.92. The molecule has 84 valence electrons. The Kier molecular flexibility index (Phi) is 3.88. The Morgan fingerprint density at radius 2 is 2.27 bits per heavy atom. The smallest absolute Gasteiger partial charge is 0.159 e. The molecule has 0 aromatic carbocycles. The molecule has 0 aliphatic rings. The number of aromatic nitrogens is 2. The molecule has 0 N–H and O–H groups in total. The average molecular weight is 210 g/mol. The van der Waals surface area contributed by atoms with Crippen molar-refractivity contribution in [2.24, 2.45) is 13.0 Å². The zero-order chi connectivity index (χ0) is 11.4. The molecule has 0 radical (unpaired) electrons. The van der Waals surface area contributed by atoms with Crippen LogP contribution in [0.3, 0.4) is 0 Å². The second-order valence-corrected chi connectivity index (χ2v) is 3.90. The topological polar surface area (TPSA) is 44.1 Å². The third-order valence-electron chi connectivity index (χ3n) is 2.50. The van der Waals surface area contributed by atoms with Gasteiger partial charge in [0.05, 0.1) is 19.0 Å². The molecule has 0 aliphatic carbocycles. The highest BCUT2D eigenvalue weighted by Gasteiger charge is 2.12. The van der Waals surface area contributed by atoms with Crippen molar-refractivity contribution < 1.29 is 9.53 Å². The van der Waals surface area contributed by atoms with E-state index in [-0.39, 0.29) is 11.7 Å². The van der Waals surface area contributed by atoms with E-state index in [2.05, 4.69) is 5.10 Å². The second-order valence-electron chi connectivity index (χ2n) is 3.90. The van der Waals surface area contributed by atoms with Gasteiger partial charge in [-0.15, -0.1) is 0 Å². The largest absolute Gasteiger partial charge is 0.493 e. The minimum Gasteiger partial charge on any atom is -0.493 e. The highest BCUT2D eigenvalue weighted by atomic mass is 16.5. The normalized spacial score (nSPS) is 10.7. The molecule has 4 heteroatoms. The first-order chi connectivity index (χ1) is 7.06. The summed E-state index contributed by atoms with van der Waals surface area (Å²) in [5.74, 6) is 1.14. The Hall–Kier alpha value is -1.32. The molecular formula is C11H18N2O2. The van der Waals surface area contributed by atoms with Gasteiger partial charge in [-0.3, -0.25) is 9.48 Å². The fraction of sp³-hybridized carbons (Fsp3) is 0.636. The first-order valence-corrected chi connectivity index (χ1v) is 5.13. The van der Waals surface area contributed by atoms with Gasteiger partial charge in [0.15, 0.2) is 5.75 Å². The summed E-state index contributed by atoms with van der Waals surface area (Å²) in [4.78, 5) is 11.5. The maximum Gasteiger partial charge on any atom is 0.159 e. The van der Waals surface area contributed by atoms with E-state index < -0.39 is 0 Å². The second kappa shape index (κ2) is 4.96. The Bertz CT molecular complexity index is 342. The first kappa shape index (κ1) is 11.8. The van der Waals surface area contributed by atoms with Gasteiger partial charge in [0, 0.05) is 19.4 Å². The number of hydrogen-bond acceptors (Lipinski definition) is 3. The van der Waals surface area contributed by atoms with Crippen molar-refractivity contribution in [2.45, 2.75) is 26.7 Å². The van der Waals surface area contributed by atoms with Crippen LogP contribution in [0.25, 0.3) is 0 Å². The van der Waals surface area contributed by atoms with Crippen LogP contribution >= 0.6 is 0 Å². The molecule has 0 unspecified atom stereocenters. The zero-order valence-corrected chi connectivity index (χ0v) is 9.78. The summed E-state index contributed by atoms with van der Waals surface area (Å²) in [5.41, 5.74) is 0.978. The lowest BCUT2D eigenvalue weighted by Gasteiger charge is -2.06. The number of rotatable bonds is 5. The Balaban J connectivity index is 2.64. The number of methoxy groups -OCH3 is 1. The molecule has 1 rings (SSSR count). The summed E-state index contributed by atoms with van der Waals surface area (Å²) >= 11 is 0. The van der Waals surface area contributed by atoms with Crippen LogP contribution in [0.4, 0.5) is 0 Å². The number of nitrogens with zero attached hydrogens (tertiary/aromatic N) is 2. The van der Waals surface area contributed by atoms with Gasteiger partial charge >= 0.3 is 0 Å². The van der Waals surface area contributed by atoms with Crippen molar-refractivity contribution in [1.82, 2.24) is 9.78 Å². The highest BCUT2D eigenvalue weighted by Crippen LogP contribution is 2.18. The van der Waals surface area contributed by atoms with Crippen molar-refractivity contribution in [2.75, 3.05) is 7.11 Å². The van der Waals surface area contributed by atoms with Crippen LogP contribution in [0.2, 0.25) is 0 Å². The lowest BCUT2D eigenvalue weighted by Crippen LogP contribution is -2.10. The Morgan fingerprint density at radius 1 is 1.60 bits per heavy atom. The predicted octanol–water partition coefficient (Wildman–Crippen LogP) is 1.59. The van der Waals surface area contributed by atoms with Crippen molar-refractivity contribution in [1.29, 1.82) is 0 Å². The van der Waals surface area contributed by atoms with E-state index in [1.165, 1.54) is 0 Å². The predicted molar refractivity (Wildman–Crippen MR) is 57.9 cm³/mol. The zero-order valence-electron chi connectivity index (χ0n) is 9.78. The molecule has 0 fully saturated rings. The third kappa shape index (κ3) is 2.81. The van der Waals surface area contributed by atoms with Gasteiger partial charge < -0.3 is 4.74 Å². The quantitative estimate of drug-likeness (QED) is 0.741. The molecule has 1 aromatic heterocycles. The molecule has 0 aliphatic heterocycles. The molecule has 1 aromatic rings. The van der Waals surface area contributed by atoms with Crippen LogP contribution in [-0.4, -0.2) is 22.7 Å². The summed E-state index contributed by atoms with van der Waals surface area (Å²) in [6, 6.07) is 0. The number of ketones is 1. The number of aryl methyl sites for hydroxylation is 1. The van der Waals surface area contributed by atoms with Crippen LogP contribution < -0.4 is 4.74 Å². The SMILES string of the molecule is COc1cnn(C)c1CCC(=O)C(C)C. The molecule has 0 amide bonds. The molecule has 0 atom stereocenters. The molecule has 0 saturated heterocycles. The van der Waals surface area contributed by atoms with Gasteiger partial charge in [0.1, 0.15) is 5.78 Å². The van der Waals surface area contributed by atoms with Gasteiger partial charge in [-0.25, -0.2) is 0 Å². The molecule has 4 nitrogen and oxygen atoms in total. The fourth-order valence-electron chi connectivity index (χ4n) is 1.43. The van der Waals surface area contributed by atoms with E-state index in [0.29, 0.717) is 12.8 Å². The minimum absolute atomic E-state index is 0.101. The maximum absolute atomic E-state index is 11.5. The van der Waals surface area contributed by atoms with Crippen molar-refractivity contribution in [3.05, 3.63) is 11.9 Å². The van der Waals surface area contributed by atoms with E-state index in [9.17, 15) is 4.79 Å². The minimum atomic E-state index is 0.101. The summed E-state index contributed by atoms with van der Waals surface area (Å²) in [6.07, 6.45) is 2.92. The monoisotopic (exact) mass is 210 g/mol.